The van der Waals surface area contributed by atoms with Gasteiger partial charge in [0.1, 0.15) is 0 Å². The van der Waals surface area contributed by atoms with E-state index in [-0.39, 0.29) is 31.4 Å². The molecule has 0 fully saturated rings. The lowest BCUT2D eigenvalue weighted by Gasteiger charge is -2.29. The Bertz CT molecular complexity index is 773. The van der Waals surface area contributed by atoms with Gasteiger partial charge in [-0.25, -0.2) is 17.5 Å². The van der Waals surface area contributed by atoms with E-state index >= 15 is 0 Å². The average Bonchev–Trinajstić information content (AvgIpc) is 2.97. The summed E-state index contributed by atoms with van der Waals surface area (Å²) in [4.78, 5) is 27.2. The third-order valence-corrected chi connectivity index (χ3v) is 5.50. The minimum atomic E-state index is -3.28. The highest BCUT2D eigenvalue weighted by molar-refractivity contribution is 7.88. The van der Waals surface area contributed by atoms with Crippen molar-refractivity contribution >= 4 is 22.0 Å². The van der Waals surface area contributed by atoms with Gasteiger partial charge in [0.2, 0.25) is 15.9 Å². The van der Waals surface area contributed by atoms with E-state index < -0.39 is 10.0 Å². The molecule has 26 heavy (non-hydrogen) atoms. The van der Waals surface area contributed by atoms with E-state index in [4.69, 9.17) is 0 Å². The Morgan fingerprint density at radius 1 is 1.27 bits per heavy atom. The number of rotatable bonds is 6. The second-order valence-corrected chi connectivity index (χ2v) is 8.65. The number of urea groups is 1. The molecule has 0 spiro atoms. The number of hydrogen-bond acceptors (Lipinski definition) is 5. The minimum absolute atomic E-state index is 0.0395. The van der Waals surface area contributed by atoms with Gasteiger partial charge in [0, 0.05) is 40.7 Å². The van der Waals surface area contributed by atoms with Crippen LogP contribution in [0.2, 0.25) is 0 Å². The summed E-state index contributed by atoms with van der Waals surface area (Å²) < 4.78 is 25.6. The van der Waals surface area contributed by atoms with Gasteiger partial charge in [-0.2, -0.15) is 5.10 Å². The molecule has 0 bridgehead atoms. The van der Waals surface area contributed by atoms with E-state index in [2.05, 4.69) is 10.4 Å². The van der Waals surface area contributed by atoms with Gasteiger partial charge in [0.05, 0.1) is 37.3 Å². The molecule has 1 aliphatic rings. The Morgan fingerprint density at radius 2 is 1.96 bits per heavy atom. The Morgan fingerprint density at radius 3 is 2.58 bits per heavy atom. The second-order valence-electron chi connectivity index (χ2n) is 6.56. The Balaban J connectivity index is 1.85. The first-order valence-corrected chi connectivity index (χ1v) is 10.1. The monoisotopic (exact) mass is 386 g/mol. The summed E-state index contributed by atoms with van der Waals surface area (Å²) in [5.74, 6) is -0.240. The van der Waals surface area contributed by atoms with Gasteiger partial charge in [-0.3, -0.25) is 9.48 Å². The molecule has 1 aromatic rings. The van der Waals surface area contributed by atoms with Crippen molar-refractivity contribution in [3.05, 3.63) is 17.5 Å². The molecule has 1 aliphatic heterocycles. The lowest BCUT2D eigenvalue weighted by Crippen LogP contribution is -2.43. The summed E-state index contributed by atoms with van der Waals surface area (Å²) in [5, 5.41) is 7.18. The van der Waals surface area contributed by atoms with Crippen LogP contribution in [0, 0.1) is 0 Å². The molecule has 0 aliphatic carbocycles. The van der Waals surface area contributed by atoms with Gasteiger partial charge in [-0.05, 0) is 6.07 Å². The molecular formula is C15H26N6O4S. The van der Waals surface area contributed by atoms with Crippen molar-refractivity contribution < 1.29 is 18.0 Å². The highest BCUT2D eigenvalue weighted by atomic mass is 32.2. The summed E-state index contributed by atoms with van der Waals surface area (Å²) in [6.07, 6.45) is 1.19. The molecule has 0 saturated carbocycles. The van der Waals surface area contributed by atoms with Crippen molar-refractivity contribution in [1.82, 2.24) is 29.2 Å². The molecule has 10 nitrogen and oxygen atoms in total. The molecule has 0 radical (unpaired) electrons. The van der Waals surface area contributed by atoms with Crippen molar-refractivity contribution in [3.8, 4) is 0 Å². The number of fused-ring (bicyclic) bond motifs is 1. The van der Waals surface area contributed by atoms with Crippen LogP contribution in [0.4, 0.5) is 4.79 Å². The molecule has 11 heteroatoms. The number of carbonyl (C=O) groups is 2. The number of carbonyl (C=O) groups excluding carboxylic acids is 2. The topological polar surface area (TPSA) is 108 Å². The maximum atomic E-state index is 12.0. The van der Waals surface area contributed by atoms with Gasteiger partial charge >= 0.3 is 6.03 Å². The fourth-order valence-electron chi connectivity index (χ4n) is 2.56. The van der Waals surface area contributed by atoms with Crippen LogP contribution >= 0.6 is 0 Å². The van der Waals surface area contributed by atoms with Crippen molar-refractivity contribution in [2.75, 3.05) is 40.5 Å². The van der Waals surface area contributed by atoms with E-state index in [1.807, 2.05) is 10.7 Å². The number of amides is 3. The lowest BCUT2D eigenvalue weighted by molar-refractivity contribution is -0.121. The van der Waals surface area contributed by atoms with E-state index in [0.717, 1.165) is 16.3 Å². The standard InChI is InChI=1S/C15H26N6O4S/c1-18(2)15(23)20-7-8-21-13(11-20)9-12(17-21)10-16-14(22)5-6-19(3)26(4,24)25/h9H,5-8,10-11H2,1-4H3,(H,16,22). The first kappa shape index (κ1) is 20.2. The van der Waals surface area contributed by atoms with Crippen LogP contribution in [-0.4, -0.2) is 84.7 Å². The summed E-state index contributed by atoms with van der Waals surface area (Å²) in [6, 6.07) is 1.83. The number of hydrogen-bond donors (Lipinski definition) is 1. The zero-order chi connectivity index (χ0) is 19.5. The molecule has 3 amide bonds. The van der Waals surface area contributed by atoms with E-state index in [1.165, 1.54) is 7.05 Å². The van der Waals surface area contributed by atoms with Crippen LogP contribution in [-0.2, 0) is 34.5 Å². The molecule has 1 aromatic heterocycles. The Hall–Kier alpha value is -2.14. The number of nitrogens with one attached hydrogen (secondary N) is 1. The van der Waals surface area contributed by atoms with Crippen LogP contribution in [0.1, 0.15) is 17.8 Å². The van der Waals surface area contributed by atoms with Crippen molar-refractivity contribution in [2.45, 2.75) is 26.1 Å². The SMILES string of the molecule is CN(C)C(=O)N1CCn2nc(CNC(=O)CCN(C)S(C)(=O)=O)cc2C1. The fraction of sp³-hybridized carbons (Fsp3) is 0.667. The molecular weight excluding hydrogens is 360 g/mol. The fourth-order valence-corrected chi connectivity index (χ4v) is 2.98. The molecule has 146 valence electrons. The zero-order valence-electron chi connectivity index (χ0n) is 15.6. The van der Waals surface area contributed by atoms with Crippen molar-refractivity contribution in [1.29, 1.82) is 0 Å². The predicted molar refractivity (Wildman–Crippen MR) is 95.7 cm³/mol. The molecule has 0 aromatic carbocycles. The van der Waals surface area contributed by atoms with Gasteiger partial charge in [-0.1, -0.05) is 0 Å². The van der Waals surface area contributed by atoms with Crippen LogP contribution < -0.4 is 5.32 Å². The second kappa shape index (κ2) is 8.04. The summed E-state index contributed by atoms with van der Waals surface area (Å²) >= 11 is 0. The minimum Gasteiger partial charge on any atom is -0.350 e. The van der Waals surface area contributed by atoms with Gasteiger partial charge in [0.25, 0.3) is 0 Å². The Labute approximate surface area is 153 Å². The molecule has 0 saturated heterocycles. The molecule has 2 heterocycles. The summed E-state index contributed by atoms with van der Waals surface area (Å²) in [6.45, 7) is 2.09. The smallest absolute Gasteiger partial charge is 0.319 e. The molecule has 1 N–H and O–H groups in total. The predicted octanol–water partition coefficient (Wildman–Crippen LogP) is -0.722. The van der Waals surface area contributed by atoms with Crippen LogP contribution in [0.3, 0.4) is 0 Å². The molecule has 0 unspecified atom stereocenters. The quantitative estimate of drug-likeness (QED) is 0.694. The van der Waals surface area contributed by atoms with Crippen molar-refractivity contribution in [3.63, 3.8) is 0 Å². The van der Waals surface area contributed by atoms with Crippen molar-refractivity contribution in [2.24, 2.45) is 0 Å². The number of nitrogens with zero attached hydrogens (tertiary/aromatic N) is 5. The number of sulfonamides is 1. The first-order chi connectivity index (χ1) is 12.1. The lowest BCUT2D eigenvalue weighted by atomic mass is 10.3. The van der Waals surface area contributed by atoms with Gasteiger partial charge in [-0.15, -0.1) is 0 Å². The third-order valence-electron chi connectivity index (χ3n) is 4.19. The van der Waals surface area contributed by atoms with Gasteiger partial charge in [0.15, 0.2) is 0 Å². The van der Waals surface area contributed by atoms with E-state index in [1.54, 1.807) is 23.9 Å². The molecule has 0 atom stereocenters. The Kier molecular flexibility index (Phi) is 6.24. The van der Waals surface area contributed by atoms with Crippen LogP contribution in [0.15, 0.2) is 6.07 Å². The summed E-state index contributed by atoms with van der Waals surface area (Å²) in [7, 11) is 1.59. The van der Waals surface area contributed by atoms with E-state index in [0.29, 0.717) is 25.3 Å². The highest BCUT2D eigenvalue weighted by Crippen LogP contribution is 2.14. The van der Waals surface area contributed by atoms with Crippen LogP contribution in [0.5, 0.6) is 0 Å². The maximum Gasteiger partial charge on any atom is 0.319 e. The van der Waals surface area contributed by atoms with Crippen LogP contribution in [0.25, 0.3) is 0 Å². The normalized spacial score (nSPS) is 14.3. The number of aromatic nitrogens is 2. The summed E-state index contributed by atoms with van der Waals surface area (Å²) in [5.41, 5.74) is 1.64. The maximum absolute atomic E-state index is 12.0. The molecule has 2 rings (SSSR count). The third kappa shape index (κ3) is 5.18. The van der Waals surface area contributed by atoms with E-state index in [9.17, 15) is 18.0 Å². The van der Waals surface area contributed by atoms with Gasteiger partial charge < -0.3 is 15.1 Å². The largest absolute Gasteiger partial charge is 0.350 e. The highest BCUT2D eigenvalue weighted by Gasteiger charge is 2.23. The average molecular weight is 386 g/mol. The zero-order valence-corrected chi connectivity index (χ0v) is 16.4. The first-order valence-electron chi connectivity index (χ1n) is 8.27.